The molecule has 0 amide bonds. The molecule has 1 radical (unpaired) electrons. The molecule has 0 saturated carbocycles. The largest absolute Gasteiger partial charge is 0.301 e. The van der Waals surface area contributed by atoms with Crippen molar-refractivity contribution in [3.8, 4) is 0 Å². The van der Waals surface area contributed by atoms with Crippen LogP contribution in [0.4, 0.5) is 0 Å². The Morgan fingerprint density at radius 1 is 1.80 bits per heavy atom. The van der Waals surface area contributed by atoms with E-state index in [4.69, 9.17) is 4.79 Å². The zero-order valence-electron chi connectivity index (χ0n) is 2.19. The third-order valence-electron chi connectivity index (χ3n) is 0.0802. The van der Waals surface area contributed by atoms with Crippen molar-refractivity contribution >= 4 is 24.4 Å². The van der Waals surface area contributed by atoms with E-state index in [1.54, 1.807) is 0 Å². The summed E-state index contributed by atoms with van der Waals surface area (Å²) < 4.78 is 9.34. The predicted molar refractivity (Wildman–Crippen MR) is 20.5 cm³/mol. The molecule has 4 heteroatoms. The summed E-state index contributed by atoms with van der Waals surface area (Å²) in [5.74, 6) is 0. The molecule has 0 aromatic carbocycles. The molecule has 29 valence electrons. The molecule has 0 heterocycles. The first-order chi connectivity index (χ1) is 2.27. The van der Waals surface area contributed by atoms with Gasteiger partial charge in [-0.05, 0) is 11.2 Å². The van der Waals surface area contributed by atoms with Crippen LogP contribution in [0.25, 0.3) is 0 Å². The van der Waals surface area contributed by atoms with Gasteiger partial charge < -0.3 is 4.57 Å². The van der Waals surface area contributed by atoms with Crippen LogP contribution in [-0.4, -0.2) is 6.03 Å². The molecular weight excluding hydrogens is 110 g/mol. The lowest BCUT2D eigenvalue weighted by atomic mass is 11.8. The Kier molecular flexibility index (Phi) is 2.52. The van der Waals surface area contributed by atoms with Crippen molar-refractivity contribution in [2.24, 2.45) is 0 Å². The smallest absolute Gasteiger partial charge is 0.277 e. The molecule has 0 aliphatic carbocycles. The molecular formula is CHClO2P. The molecule has 1 unspecified atom stereocenters. The van der Waals surface area contributed by atoms with Crippen molar-refractivity contribution in [3.05, 3.63) is 0 Å². The molecule has 0 saturated heterocycles. The first-order valence-electron chi connectivity index (χ1n) is 0.847. The van der Waals surface area contributed by atoms with Crippen LogP contribution in [0.2, 0.25) is 0 Å². The summed E-state index contributed by atoms with van der Waals surface area (Å²) in [6, 6.07) is 1.09. The fraction of sp³-hybridized carbons (Fsp3) is 0. The van der Waals surface area contributed by atoms with Crippen LogP contribution in [0.3, 0.4) is 0 Å². The fourth-order valence-corrected chi connectivity index (χ4v) is 0. The molecule has 0 aromatic heterocycles. The van der Waals surface area contributed by atoms with Crippen molar-refractivity contribution < 1.29 is 9.36 Å². The normalized spacial score (nSPS) is 13.8. The van der Waals surface area contributed by atoms with E-state index in [9.17, 15) is 4.57 Å². The monoisotopic (exact) mass is 111 g/mol. The Balaban J connectivity index is 3.20. The third kappa shape index (κ3) is 4.19. The van der Waals surface area contributed by atoms with E-state index in [0.29, 0.717) is 0 Å². The standard InChI is InChI=1S/CHClO2P/c2-5(4)1-3/h5H. The second-order valence-electron chi connectivity index (χ2n) is 0.376. The summed E-state index contributed by atoms with van der Waals surface area (Å²) >= 11 is 4.58. The van der Waals surface area contributed by atoms with Crippen LogP contribution in [0.5, 0.6) is 0 Å². The summed E-state index contributed by atoms with van der Waals surface area (Å²) in [6.07, 6.45) is 0. The maximum absolute atomic E-state index is 9.34. The van der Waals surface area contributed by atoms with Gasteiger partial charge in [0.1, 0.15) is 0 Å². The maximum Gasteiger partial charge on any atom is 0.277 e. The summed E-state index contributed by atoms with van der Waals surface area (Å²) in [7, 11) is -2.46. The van der Waals surface area contributed by atoms with Gasteiger partial charge in [-0.25, -0.2) is 0 Å². The lowest BCUT2D eigenvalue weighted by Gasteiger charge is -1.54. The van der Waals surface area contributed by atoms with Crippen LogP contribution < -0.4 is 0 Å². The molecule has 5 heavy (non-hydrogen) atoms. The lowest BCUT2D eigenvalue weighted by molar-refractivity contribution is 0.561. The quantitative estimate of drug-likeness (QED) is 0.468. The Morgan fingerprint density at radius 2 is 2.00 bits per heavy atom. The van der Waals surface area contributed by atoms with Gasteiger partial charge in [-0.15, -0.1) is 0 Å². The van der Waals surface area contributed by atoms with Gasteiger partial charge >= 0.3 is 0 Å². The third-order valence-corrected chi connectivity index (χ3v) is 0.472. The lowest BCUT2D eigenvalue weighted by Crippen LogP contribution is -1.39. The highest BCUT2D eigenvalue weighted by atomic mass is 35.7. The van der Waals surface area contributed by atoms with Gasteiger partial charge in [0, 0.05) is 0 Å². The summed E-state index contributed by atoms with van der Waals surface area (Å²) in [5, 5.41) is 0. The van der Waals surface area contributed by atoms with Gasteiger partial charge in [0.15, 0.2) is 0 Å². The minimum atomic E-state index is -2.46. The van der Waals surface area contributed by atoms with Gasteiger partial charge in [-0.1, -0.05) is 0 Å². The Labute approximate surface area is 34.7 Å². The van der Waals surface area contributed by atoms with Crippen molar-refractivity contribution in [2.75, 3.05) is 0 Å². The average molecular weight is 111 g/mol. The number of rotatable bonds is 1. The van der Waals surface area contributed by atoms with E-state index >= 15 is 0 Å². The van der Waals surface area contributed by atoms with E-state index in [-0.39, 0.29) is 0 Å². The molecule has 0 bridgehead atoms. The average Bonchev–Trinajstić information content (AvgIpc) is 1.38. The summed E-state index contributed by atoms with van der Waals surface area (Å²) in [6.45, 7) is 0. The van der Waals surface area contributed by atoms with Crippen LogP contribution >= 0.6 is 18.4 Å². The Hall–Kier alpha value is 0.190. The topological polar surface area (TPSA) is 34.1 Å². The first-order valence-corrected chi connectivity index (χ1v) is 3.27. The predicted octanol–water partition coefficient (Wildman–Crippen LogP) is 0.767. The van der Waals surface area contributed by atoms with Crippen molar-refractivity contribution in [1.29, 1.82) is 0 Å². The second-order valence-corrected chi connectivity index (χ2v) is 2.16. The highest BCUT2D eigenvalue weighted by molar-refractivity contribution is 7.85. The van der Waals surface area contributed by atoms with Gasteiger partial charge in [0.05, 0.1) is 0 Å². The number of hydrogen-bond donors (Lipinski definition) is 0. The van der Waals surface area contributed by atoms with Crippen LogP contribution in [0, 0.1) is 0 Å². The second kappa shape index (κ2) is 2.43. The van der Waals surface area contributed by atoms with Crippen molar-refractivity contribution in [3.63, 3.8) is 0 Å². The van der Waals surface area contributed by atoms with Gasteiger partial charge in [0.2, 0.25) is 7.15 Å². The van der Waals surface area contributed by atoms with Crippen LogP contribution in [-0.2, 0) is 9.36 Å². The summed E-state index contributed by atoms with van der Waals surface area (Å²) in [5.41, 5.74) is 0. The molecule has 0 aromatic rings. The van der Waals surface area contributed by atoms with Crippen LogP contribution in [0.1, 0.15) is 0 Å². The van der Waals surface area contributed by atoms with E-state index in [2.05, 4.69) is 11.2 Å². The molecule has 0 spiro atoms. The van der Waals surface area contributed by atoms with Gasteiger partial charge in [0.25, 0.3) is 6.03 Å². The molecule has 1 atom stereocenters. The Morgan fingerprint density at radius 3 is 2.00 bits per heavy atom. The maximum atomic E-state index is 9.34. The van der Waals surface area contributed by atoms with Crippen molar-refractivity contribution in [2.45, 2.75) is 0 Å². The summed E-state index contributed by atoms with van der Waals surface area (Å²) in [4.78, 5) is 8.98. The van der Waals surface area contributed by atoms with E-state index < -0.39 is 7.15 Å². The highest BCUT2D eigenvalue weighted by Gasteiger charge is 1.80. The number of halogens is 1. The van der Waals surface area contributed by atoms with Crippen molar-refractivity contribution in [1.82, 2.24) is 0 Å². The van der Waals surface area contributed by atoms with E-state index in [0.717, 1.165) is 6.03 Å². The molecule has 0 aliphatic rings. The number of hydrogen-bond acceptors (Lipinski definition) is 2. The molecule has 0 aliphatic heterocycles. The zero-order valence-corrected chi connectivity index (χ0v) is 3.95. The SMILES string of the molecule is O=[C][PH](=O)Cl. The molecule has 0 rings (SSSR count). The van der Waals surface area contributed by atoms with Crippen LogP contribution in [0.15, 0.2) is 0 Å². The first kappa shape index (κ1) is 5.19. The highest BCUT2D eigenvalue weighted by Crippen LogP contribution is 2.19. The molecule has 2 nitrogen and oxygen atoms in total. The van der Waals surface area contributed by atoms with Gasteiger partial charge in [-0.2, -0.15) is 0 Å². The minimum Gasteiger partial charge on any atom is -0.301 e. The fourth-order valence-electron chi connectivity index (χ4n) is 0. The zero-order chi connectivity index (χ0) is 4.28. The van der Waals surface area contributed by atoms with E-state index in [1.165, 1.54) is 0 Å². The molecule has 0 N–H and O–H groups in total. The van der Waals surface area contributed by atoms with E-state index in [1.807, 2.05) is 0 Å². The minimum absolute atomic E-state index is 1.09. The number of carbonyl (C=O) groups excluding carboxylic acids is 1. The molecule has 0 fully saturated rings. The Bertz CT molecular complexity index is 60.7. The van der Waals surface area contributed by atoms with Gasteiger partial charge in [-0.3, -0.25) is 4.79 Å².